The Balaban J connectivity index is 1.92. The molecule has 2 aliphatic carbocycles. The topological polar surface area (TPSA) is 35.5 Å². The molecule has 0 aromatic carbocycles. The van der Waals surface area contributed by atoms with Gasteiger partial charge in [0.15, 0.2) is 0 Å². The third kappa shape index (κ3) is 4.44. The van der Waals surface area contributed by atoms with Crippen molar-refractivity contribution in [3.8, 4) is 0 Å². The minimum absolute atomic E-state index is 0.313. The summed E-state index contributed by atoms with van der Waals surface area (Å²) in [6.45, 7) is 2.38. The summed E-state index contributed by atoms with van der Waals surface area (Å²) >= 11 is 0. The number of aliphatic hydroxyl groups excluding tert-OH is 1. The van der Waals surface area contributed by atoms with E-state index in [0.717, 1.165) is 18.5 Å². The Morgan fingerprint density at radius 2 is 1.68 bits per heavy atom. The zero-order valence-electron chi connectivity index (χ0n) is 12.6. The molecule has 2 unspecified atom stereocenters. The van der Waals surface area contributed by atoms with E-state index in [2.05, 4.69) is 17.3 Å². The van der Waals surface area contributed by atoms with E-state index in [1.54, 1.807) is 0 Å². The number of nitrogens with one attached hydrogen (secondary N) is 1. The highest BCUT2D eigenvalue weighted by molar-refractivity contribution is 4.85. The van der Waals surface area contributed by atoms with Crippen LogP contribution in [0.5, 0.6) is 0 Å². The van der Waals surface area contributed by atoms with Gasteiger partial charge in [0, 0.05) is 25.2 Å². The van der Waals surface area contributed by atoms with Crippen molar-refractivity contribution in [2.45, 2.75) is 69.9 Å². The van der Waals surface area contributed by atoms with E-state index in [1.807, 2.05) is 0 Å². The maximum absolute atomic E-state index is 9.35. The maximum atomic E-state index is 9.35. The minimum atomic E-state index is 0.313. The van der Waals surface area contributed by atoms with Gasteiger partial charge in [-0.25, -0.2) is 0 Å². The number of hydrogen-bond acceptors (Lipinski definition) is 3. The molecule has 0 saturated heterocycles. The molecule has 3 nitrogen and oxygen atoms in total. The molecule has 2 rings (SSSR count). The number of hydrogen-bond donors (Lipinski definition) is 2. The third-order valence-corrected chi connectivity index (χ3v) is 5.23. The highest BCUT2D eigenvalue weighted by atomic mass is 16.3. The van der Waals surface area contributed by atoms with Crippen LogP contribution in [0.2, 0.25) is 0 Å². The van der Waals surface area contributed by atoms with Crippen molar-refractivity contribution in [1.29, 1.82) is 0 Å². The van der Waals surface area contributed by atoms with E-state index in [9.17, 15) is 5.11 Å². The summed E-state index contributed by atoms with van der Waals surface area (Å²) < 4.78 is 0. The Kier molecular flexibility index (Phi) is 6.62. The largest absolute Gasteiger partial charge is 0.395 e. The predicted octanol–water partition coefficient (Wildman–Crippen LogP) is 2.39. The van der Waals surface area contributed by atoms with Crippen molar-refractivity contribution in [1.82, 2.24) is 10.2 Å². The van der Waals surface area contributed by atoms with E-state index >= 15 is 0 Å². The normalized spacial score (nSPS) is 29.8. The Bertz CT molecular complexity index is 241. The number of rotatable bonds is 6. The average molecular weight is 268 g/mol. The molecule has 0 spiro atoms. The molecule has 2 N–H and O–H groups in total. The van der Waals surface area contributed by atoms with Crippen LogP contribution in [0.3, 0.4) is 0 Å². The first-order valence-electron chi connectivity index (χ1n) is 8.37. The summed E-state index contributed by atoms with van der Waals surface area (Å²) in [6.07, 6.45) is 12.3. The fourth-order valence-corrected chi connectivity index (χ4v) is 4.11. The molecule has 112 valence electrons. The first kappa shape index (κ1) is 15.3. The average Bonchev–Trinajstić information content (AvgIpc) is 2.86. The van der Waals surface area contributed by atoms with E-state index in [4.69, 9.17) is 0 Å². The van der Waals surface area contributed by atoms with Crippen LogP contribution in [0, 0.1) is 5.92 Å². The van der Waals surface area contributed by atoms with E-state index in [1.165, 1.54) is 64.3 Å². The Morgan fingerprint density at radius 3 is 2.37 bits per heavy atom. The first-order valence-corrected chi connectivity index (χ1v) is 8.37. The molecule has 3 heteroatoms. The quantitative estimate of drug-likeness (QED) is 0.726. The maximum Gasteiger partial charge on any atom is 0.0558 e. The van der Waals surface area contributed by atoms with E-state index in [-0.39, 0.29) is 0 Å². The van der Waals surface area contributed by atoms with Gasteiger partial charge in [-0.3, -0.25) is 4.90 Å². The van der Waals surface area contributed by atoms with Crippen LogP contribution in [-0.4, -0.2) is 48.8 Å². The van der Waals surface area contributed by atoms with Crippen LogP contribution >= 0.6 is 0 Å². The summed E-state index contributed by atoms with van der Waals surface area (Å²) in [7, 11) is 2.12. The second-order valence-corrected chi connectivity index (χ2v) is 6.45. The fourth-order valence-electron chi connectivity index (χ4n) is 4.11. The molecule has 0 amide bonds. The SMILES string of the molecule is CNC1CCCCCC1CN(CCO)C1CCCC1. The van der Waals surface area contributed by atoms with Gasteiger partial charge < -0.3 is 10.4 Å². The monoisotopic (exact) mass is 268 g/mol. The van der Waals surface area contributed by atoms with Crippen molar-refractivity contribution in [2.24, 2.45) is 5.92 Å². The van der Waals surface area contributed by atoms with Crippen LogP contribution in [0.1, 0.15) is 57.8 Å². The molecular formula is C16H32N2O. The zero-order chi connectivity index (χ0) is 13.5. The summed E-state index contributed by atoms with van der Waals surface area (Å²) in [6, 6.07) is 1.43. The lowest BCUT2D eigenvalue weighted by Gasteiger charge is -2.34. The predicted molar refractivity (Wildman–Crippen MR) is 80.3 cm³/mol. The molecule has 0 radical (unpaired) electrons. The van der Waals surface area contributed by atoms with Gasteiger partial charge in [0.2, 0.25) is 0 Å². The van der Waals surface area contributed by atoms with Crippen molar-refractivity contribution >= 4 is 0 Å². The van der Waals surface area contributed by atoms with Gasteiger partial charge >= 0.3 is 0 Å². The molecule has 19 heavy (non-hydrogen) atoms. The van der Waals surface area contributed by atoms with Crippen molar-refractivity contribution in [3.05, 3.63) is 0 Å². The summed E-state index contributed by atoms with van der Waals surface area (Å²) in [5.74, 6) is 0.777. The molecule has 2 saturated carbocycles. The van der Waals surface area contributed by atoms with Crippen molar-refractivity contribution < 1.29 is 5.11 Å². The second kappa shape index (κ2) is 8.23. The summed E-state index contributed by atoms with van der Waals surface area (Å²) in [4.78, 5) is 2.59. The van der Waals surface area contributed by atoms with E-state index < -0.39 is 0 Å². The minimum Gasteiger partial charge on any atom is -0.395 e. The lowest BCUT2D eigenvalue weighted by Crippen LogP contribution is -2.44. The Morgan fingerprint density at radius 1 is 1.00 bits per heavy atom. The highest BCUT2D eigenvalue weighted by Crippen LogP contribution is 2.28. The van der Waals surface area contributed by atoms with Gasteiger partial charge in [0.05, 0.1) is 6.61 Å². The van der Waals surface area contributed by atoms with Crippen LogP contribution in [0.15, 0.2) is 0 Å². The molecule has 2 atom stereocenters. The second-order valence-electron chi connectivity index (χ2n) is 6.45. The van der Waals surface area contributed by atoms with Crippen LogP contribution in [-0.2, 0) is 0 Å². The Hall–Kier alpha value is -0.120. The standard InChI is InChI=1S/C16H32N2O/c1-17-16-10-4-2-3-7-14(16)13-18(11-12-19)15-8-5-6-9-15/h14-17,19H,2-13H2,1H3. The van der Waals surface area contributed by atoms with Crippen LogP contribution < -0.4 is 5.32 Å². The summed E-state index contributed by atoms with van der Waals surface area (Å²) in [5.41, 5.74) is 0. The molecule has 0 aromatic rings. The van der Waals surface area contributed by atoms with Gasteiger partial charge in [0.1, 0.15) is 0 Å². The van der Waals surface area contributed by atoms with E-state index in [0.29, 0.717) is 12.6 Å². The van der Waals surface area contributed by atoms with Gasteiger partial charge in [-0.15, -0.1) is 0 Å². The molecule has 0 heterocycles. The number of nitrogens with zero attached hydrogens (tertiary/aromatic N) is 1. The molecular weight excluding hydrogens is 236 g/mol. The first-order chi connectivity index (χ1) is 9.35. The lowest BCUT2D eigenvalue weighted by atomic mass is 9.93. The van der Waals surface area contributed by atoms with Gasteiger partial charge in [-0.05, 0) is 38.6 Å². The summed E-state index contributed by atoms with van der Waals surface area (Å²) in [5, 5.41) is 12.9. The van der Waals surface area contributed by atoms with Crippen molar-refractivity contribution in [2.75, 3.05) is 26.7 Å². The van der Waals surface area contributed by atoms with Gasteiger partial charge in [0.25, 0.3) is 0 Å². The van der Waals surface area contributed by atoms with Crippen LogP contribution in [0.4, 0.5) is 0 Å². The molecule has 2 aliphatic rings. The highest BCUT2D eigenvalue weighted by Gasteiger charge is 2.28. The zero-order valence-corrected chi connectivity index (χ0v) is 12.6. The molecule has 0 aromatic heterocycles. The molecule has 0 bridgehead atoms. The smallest absolute Gasteiger partial charge is 0.0558 e. The van der Waals surface area contributed by atoms with Crippen LogP contribution in [0.25, 0.3) is 0 Å². The molecule has 2 fully saturated rings. The van der Waals surface area contributed by atoms with Gasteiger partial charge in [-0.2, -0.15) is 0 Å². The molecule has 0 aliphatic heterocycles. The third-order valence-electron chi connectivity index (χ3n) is 5.23. The number of aliphatic hydroxyl groups is 1. The Labute approximate surface area is 118 Å². The lowest BCUT2D eigenvalue weighted by molar-refractivity contribution is 0.118. The van der Waals surface area contributed by atoms with Crippen molar-refractivity contribution in [3.63, 3.8) is 0 Å². The fraction of sp³-hybridized carbons (Fsp3) is 1.00. The van der Waals surface area contributed by atoms with Gasteiger partial charge in [-0.1, -0.05) is 32.1 Å².